The predicted octanol–water partition coefficient (Wildman–Crippen LogP) is 2.08. The van der Waals surface area contributed by atoms with Gasteiger partial charge in [0.15, 0.2) is 5.82 Å². The van der Waals surface area contributed by atoms with Gasteiger partial charge < -0.3 is 14.7 Å². The van der Waals surface area contributed by atoms with Crippen molar-refractivity contribution in [1.82, 2.24) is 20.4 Å². The number of rotatable bonds is 3. The third-order valence-corrected chi connectivity index (χ3v) is 4.38. The Labute approximate surface area is 114 Å². The molecule has 0 aliphatic carbocycles. The van der Waals surface area contributed by atoms with Crippen molar-refractivity contribution in [3.63, 3.8) is 0 Å². The maximum absolute atomic E-state index is 5.48. The molecule has 2 aliphatic rings. The molecule has 1 aromatic rings. The number of likely N-dealkylation sites (N-methyl/N-ethyl adjacent to an activating group) is 1. The fraction of sp³-hybridized carbons (Fsp3) is 0.857. The molecule has 2 atom stereocenters. The second-order valence-electron chi connectivity index (χ2n) is 5.73. The number of hydrogen-bond acceptors (Lipinski definition) is 5. The van der Waals surface area contributed by atoms with E-state index in [1.807, 2.05) is 0 Å². The molecule has 3 heterocycles. The minimum Gasteiger partial charge on any atom is -0.338 e. The lowest BCUT2D eigenvalue weighted by Crippen LogP contribution is -2.34. The van der Waals surface area contributed by atoms with E-state index >= 15 is 0 Å². The first kappa shape index (κ1) is 13.1. The molecule has 2 saturated heterocycles. The van der Waals surface area contributed by atoms with Crippen LogP contribution in [-0.4, -0.2) is 41.2 Å². The lowest BCUT2D eigenvalue weighted by atomic mass is 9.97. The highest BCUT2D eigenvalue weighted by molar-refractivity contribution is 5.01. The number of nitrogens with zero attached hydrogens (tertiary/aromatic N) is 3. The molecule has 0 amide bonds. The van der Waals surface area contributed by atoms with Crippen molar-refractivity contribution in [3.05, 3.63) is 11.7 Å². The van der Waals surface area contributed by atoms with Crippen LogP contribution in [-0.2, 0) is 0 Å². The minimum atomic E-state index is 0.279. The van der Waals surface area contributed by atoms with Gasteiger partial charge in [-0.1, -0.05) is 18.5 Å². The first-order chi connectivity index (χ1) is 9.36. The normalized spacial score (nSPS) is 29.5. The molecule has 2 unspecified atom stereocenters. The number of likely N-dealkylation sites (tertiary alicyclic amines) is 1. The summed E-state index contributed by atoms with van der Waals surface area (Å²) < 4.78 is 5.48. The van der Waals surface area contributed by atoms with Crippen LogP contribution in [0.1, 0.15) is 62.7 Å². The summed E-state index contributed by atoms with van der Waals surface area (Å²) in [5.41, 5.74) is 0. The summed E-state index contributed by atoms with van der Waals surface area (Å²) in [7, 11) is 0. The van der Waals surface area contributed by atoms with Gasteiger partial charge in [-0.15, -0.1) is 0 Å². The lowest BCUT2D eigenvalue weighted by molar-refractivity contribution is 0.211. The van der Waals surface area contributed by atoms with E-state index in [-0.39, 0.29) is 6.04 Å². The molecule has 1 N–H and O–H groups in total. The average molecular weight is 264 g/mol. The molecule has 0 aromatic carbocycles. The molecular formula is C14H24N4O. The van der Waals surface area contributed by atoms with Crippen LogP contribution in [0.3, 0.4) is 0 Å². The molecular weight excluding hydrogens is 240 g/mol. The minimum absolute atomic E-state index is 0.279. The van der Waals surface area contributed by atoms with E-state index in [9.17, 15) is 0 Å². The third-order valence-electron chi connectivity index (χ3n) is 4.38. The van der Waals surface area contributed by atoms with Crippen molar-refractivity contribution < 1.29 is 4.52 Å². The zero-order valence-corrected chi connectivity index (χ0v) is 11.8. The number of hydrogen-bond donors (Lipinski definition) is 1. The van der Waals surface area contributed by atoms with Gasteiger partial charge in [0.1, 0.15) is 0 Å². The van der Waals surface area contributed by atoms with E-state index < -0.39 is 0 Å². The van der Waals surface area contributed by atoms with E-state index in [1.165, 1.54) is 32.2 Å². The highest BCUT2D eigenvalue weighted by Crippen LogP contribution is 2.27. The maximum atomic E-state index is 5.48. The van der Waals surface area contributed by atoms with Crippen LogP contribution in [0.4, 0.5) is 0 Å². The van der Waals surface area contributed by atoms with Gasteiger partial charge in [0.2, 0.25) is 5.89 Å². The molecule has 5 heteroatoms. The largest absolute Gasteiger partial charge is 0.338 e. The van der Waals surface area contributed by atoms with E-state index in [2.05, 4.69) is 27.3 Å². The maximum Gasteiger partial charge on any atom is 0.243 e. The van der Waals surface area contributed by atoms with Crippen LogP contribution in [0.2, 0.25) is 0 Å². The highest BCUT2D eigenvalue weighted by Gasteiger charge is 2.27. The molecule has 0 saturated carbocycles. The second-order valence-corrected chi connectivity index (χ2v) is 5.73. The molecule has 3 rings (SSSR count). The van der Waals surface area contributed by atoms with Crippen molar-refractivity contribution in [3.8, 4) is 0 Å². The Kier molecular flexibility index (Phi) is 4.13. The van der Waals surface area contributed by atoms with Crippen molar-refractivity contribution in [2.45, 2.75) is 51.0 Å². The summed E-state index contributed by atoms with van der Waals surface area (Å²) in [5.74, 6) is 2.17. The second kappa shape index (κ2) is 6.01. The highest BCUT2D eigenvalue weighted by atomic mass is 16.5. The Morgan fingerprint density at radius 3 is 3.05 bits per heavy atom. The van der Waals surface area contributed by atoms with Crippen LogP contribution in [0.25, 0.3) is 0 Å². The number of aromatic nitrogens is 2. The fourth-order valence-electron chi connectivity index (χ4n) is 3.17. The van der Waals surface area contributed by atoms with Crippen LogP contribution in [0.15, 0.2) is 4.52 Å². The quantitative estimate of drug-likeness (QED) is 0.906. The van der Waals surface area contributed by atoms with Gasteiger partial charge in [0, 0.05) is 12.5 Å². The summed E-state index contributed by atoms with van der Waals surface area (Å²) in [6.45, 7) is 6.69. The smallest absolute Gasteiger partial charge is 0.243 e. The van der Waals surface area contributed by atoms with Gasteiger partial charge >= 0.3 is 0 Å². The Morgan fingerprint density at radius 2 is 2.26 bits per heavy atom. The molecule has 0 radical (unpaired) electrons. The summed E-state index contributed by atoms with van der Waals surface area (Å²) in [5, 5.41) is 7.70. The van der Waals surface area contributed by atoms with Crippen molar-refractivity contribution in [2.75, 3.05) is 26.2 Å². The zero-order chi connectivity index (χ0) is 13.1. The molecule has 106 valence electrons. The number of piperidine rings is 2. The molecule has 19 heavy (non-hydrogen) atoms. The molecule has 0 spiro atoms. The van der Waals surface area contributed by atoms with Crippen LogP contribution in [0.5, 0.6) is 0 Å². The van der Waals surface area contributed by atoms with Crippen molar-refractivity contribution >= 4 is 0 Å². The molecule has 2 aliphatic heterocycles. The summed E-state index contributed by atoms with van der Waals surface area (Å²) in [6.07, 6.45) is 6.05. The average Bonchev–Trinajstić information content (AvgIpc) is 2.98. The Hall–Kier alpha value is -0.940. The van der Waals surface area contributed by atoms with Gasteiger partial charge in [-0.25, -0.2) is 0 Å². The van der Waals surface area contributed by atoms with Gasteiger partial charge in [0.05, 0.1) is 6.04 Å². The van der Waals surface area contributed by atoms with Crippen molar-refractivity contribution in [2.24, 2.45) is 0 Å². The SMILES string of the molecule is CCN1CCCC(c2noc(C3CCCCN3)n2)C1. The fourth-order valence-corrected chi connectivity index (χ4v) is 3.17. The zero-order valence-electron chi connectivity index (χ0n) is 11.8. The standard InChI is InChI=1S/C14H24N4O/c1-2-18-9-5-6-11(10-18)13-16-14(19-17-13)12-7-3-4-8-15-12/h11-12,15H,2-10H2,1H3. The molecule has 2 fully saturated rings. The van der Waals surface area contributed by atoms with E-state index in [0.717, 1.165) is 37.8 Å². The topological polar surface area (TPSA) is 54.2 Å². The van der Waals surface area contributed by atoms with E-state index in [4.69, 9.17) is 4.52 Å². The van der Waals surface area contributed by atoms with Gasteiger partial charge in [0.25, 0.3) is 0 Å². The van der Waals surface area contributed by atoms with Gasteiger partial charge in [-0.05, 0) is 45.3 Å². The first-order valence-corrected chi connectivity index (χ1v) is 7.66. The van der Waals surface area contributed by atoms with Gasteiger partial charge in [-0.3, -0.25) is 0 Å². The Morgan fingerprint density at radius 1 is 1.32 bits per heavy atom. The summed E-state index contributed by atoms with van der Waals surface area (Å²) in [6, 6.07) is 0.279. The predicted molar refractivity (Wildman–Crippen MR) is 73.0 cm³/mol. The Balaban J connectivity index is 1.66. The van der Waals surface area contributed by atoms with Gasteiger partial charge in [-0.2, -0.15) is 4.98 Å². The molecule has 0 bridgehead atoms. The monoisotopic (exact) mass is 264 g/mol. The third kappa shape index (κ3) is 2.98. The summed E-state index contributed by atoms with van der Waals surface area (Å²) >= 11 is 0. The lowest BCUT2D eigenvalue weighted by Gasteiger charge is -2.29. The van der Waals surface area contributed by atoms with E-state index in [0.29, 0.717) is 5.92 Å². The molecule has 1 aromatic heterocycles. The van der Waals surface area contributed by atoms with E-state index in [1.54, 1.807) is 0 Å². The molecule has 5 nitrogen and oxygen atoms in total. The van der Waals surface area contributed by atoms with Crippen LogP contribution < -0.4 is 5.32 Å². The van der Waals surface area contributed by atoms with Crippen molar-refractivity contribution in [1.29, 1.82) is 0 Å². The first-order valence-electron chi connectivity index (χ1n) is 7.66. The van der Waals surface area contributed by atoms with Crippen LogP contribution in [0, 0.1) is 0 Å². The summed E-state index contributed by atoms with van der Waals surface area (Å²) in [4.78, 5) is 7.13. The number of nitrogens with one attached hydrogen (secondary N) is 1. The Bertz CT molecular complexity index is 400. The van der Waals surface area contributed by atoms with Crippen LogP contribution >= 0.6 is 0 Å².